The summed E-state index contributed by atoms with van der Waals surface area (Å²) >= 11 is 0. The molecular weight excluding hydrogens is 383 g/mol. The Morgan fingerprint density at radius 3 is 2.50 bits per heavy atom. The van der Waals surface area contributed by atoms with E-state index in [0.29, 0.717) is 12.2 Å². The summed E-state index contributed by atoms with van der Waals surface area (Å²) in [6.45, 7) is 0.738. The Bertz CT molecular complexity index is 1040. The Kier molecular flexibility index (Phi) is 5.61. The number of aryl methyl sites for hydroxylation is 1. The predicted molar refractivity (Wildman–Crippen MR) is 111 cm³/mol. The van der Waals surface area contributed by atoms with Crippen LogP contribution in [0.4, 0.5) is 10.1 Å². The molecule has 0 bridgehead atoms. The van der Waals surface area contributed by atoms with E-state index in [0.717, 1.165) is 29.8 Å². The van der Waals surface area contributed by atoms with Crippen LogP contribution in [0.25, 0.3) is 0 Å². The summed E-state index contributed by atoms with van der Waals surface area (Å²) in [6.07, 6.45) is 5.12. The van der Waals surface area contributed by atoms with Crippen molar-refractivity contribution in [2.75, 3.05) is 11.4 Å². The first-order chi connectivity index (χ1) is 14.5. The molecule has 0 aliphatic carbocycles. The molecule has 1 N–H and O–H groups in total. The predicted octanol–water partition coefficient (Wildman–Crippen LogP) is 3.13. The van der Waals surface area contributed by atoms with E-state index < -0.39 is 6.04 Å². The normalized spacial score (nSPS) is 14.7. The lowest BCUT2D eigenvalue weighted by atomic mass is 10.0. The molecule has 1 unspecified atom stereocenters. The van der Waals surface area contributed by atoms with Gasteiger partial charge in [0.2, 0.25) is 11.8 Å². The zero-order chi connectivity index (χ0) is 21.1. The fourth-order valence-electron chi connectivity index (χ4n) is 3.72. The molecule has 154 valence electrons. The molecule has 1 fully saturated rings. The standard InChI is InChI=1S/C23H23FN4O2/c1-27-14-12-25-23(27)22(17-6-8-18(24)9-7-17)26-20(29)15-16-4-10-19(11-5-16)28-13-2-3-21(28)30/h4-12,14,22H,2-3,13,15H2,1H3,(H,26,29). The lowest BCUT2D eigenvalue weighted by Gasteiger charge is -2.19. The lowest BCUT2D eigenvalue weighted by molar-refractivity contribution is -0.121. The molecule has 1 aliphatic heterocycles. The van der Waals surface area contributed by atoms with Crippen LogP contribution in [0.15, 0.2) is 60.9 Å². The van der Waals surface area contributed by atoms with Crippen molar-refractivity contribution in [2.45, 2.75) is 25.3 Å². The smallest absolute Gasteiger partial charge is 0.227 e. The SMILES string of the molecule is Cn1ccnc1C(NC(=O)Cc1ccc(N2CCCC2=O)cc1)c1ccc(F)cc1. The number of imidazole rings is 1. The molecule has 0 radical (unpaired) electrons. The number of carbonyl (C=O) groups is 2. The van der Waals surface area contributed by atoms with Gasteiger partial charge in [0.15, 0.2) is 0 Å². The Morgan fingerprint density at radius 2 is 1.90 bits per heavy atom. The molecule has 4 rings (SSSR count). The van der Waals surface area contributed by atoms with Gasteiger partial charge >= 0.3 is 0 Å². The summed E-state index contributed by atoms with van der Waals surface area (Å²) in [5.74, 6) is 0.299. The molecule has 2 heterocycles. The average Bonchev–Trinajstić information content (AvgIpc) is 3.36. The number of nitrogens with one attached hydrogen (secondary N) is 1. The van der Waals surface area contributed by atoms with Crippen molar-refractivity contribution in [3.8, 4) is 0 Å². The molecule has 1 aromatic heterocycles. The summed E-state index contributed by atoms with van der Waals surface area (Å²) in [5, 5.41) is 3.01. The highest BCUT2D eigenvalue weighted by Crippen LogP contribution is 2.23. The number of hydrogen-bond acceptors (Lipinski definition) is 3. The van der Waals surface area contributed by atoms with Gasteiger partial charge in [0.25, 0.3) is 0 Å². The van der Waals surface area contributed by atoms with Crippen LogP contribution in [0.5, 0.6) is 0 Å². The summed E-state index contributed by atoms with van der Waals surface area (Å²) in [4.78, 5) is 30.8. The van der Waals surface area contributed by atoms with Crippen LogP contribution < -0.4 is 10.2 Å². The van der Waals surface area contributed by atoms with Gasteiger partial charge < -0.3 is 14.8 Å². The number of anilines is 1. The highest BCUT2D eigenvalue weighted by molar-refractivity contribution is 5.95. The number of hydrogen-bond donors (Lipinski definition) is 1. The number of aromatic nitrogens is 2. The summed E-state index contributed by atoms with van der Waals surface area (Å²) in [6, 6.07) is 13.0. The van der Waals surface area contributed by atoms with Crippen LogP contribution >= 0.6 is 0 Å². The second-order valence-corrected chi connectivity index (χ2v) is 7.44. The van der Waals surface area contributed by atoms with Gasteiger partial charge in [-0.25, -0.2) is 9.37 Å². The van der Waals surface area contributed by atoms with E-state index in [4.69, 9.17) is 0 Å². The number of carbonyl (C=O) groups excluding carboxylic acids is 2. The molecule has 2 aromatic carbocycles. The van der Waals surface area contributed by atoms with Crippen LogP contribution in [0, 0.1) is 5.82 Å². The van der Waals surface area contributed by atoms with Crippen LogP contribution in [0.2, 0.25) is 0 Å². The van der Waals surface area contributed by atoms with Gasteiger partial charge in [0.1, 0.15) is 17.7 Å². The molecule has 7 heteroatoms. The van der Waals surface area contributed by atoms with Gasteiger partial charge in [-0.2, -0.15) is 0 Å². The molecule has 0 spiro atoms. The summed E-state index contributed by atoms with van der Waals surface area (Å²) < 4.78 is 15.2. The summed E-state index contributed by atoms with van der Waals surface area (Å²) in [5.41, 5.74) is 2.46. The minimum Gasteiger partial charge on any atom is -0.342 e. The van der Waals surface area contributed by atoms with Crippen LogP contribution in [0.1, 0.15) is 35.8 Å². The molecule has 2 amide bonds. The first-order valence-corrected chi connectivity index (χ1v) is 9.92. The topological polar surface area (TPSA) is 67.2 Å². The fraction of sp³-hybridized carbons (Fsp3) is 0.261. The van der Waals surface area contributed by atoms with Crippen molar-refractivity contribution >= 4 is 17.5 Å². The van der Waals surface area contributed by atoms with E-state index >= 15 is 0 Å². The average molecular weight is 406 g/mol. The largest absolute Gasteiger partial charge is 0.342 e. The van der Waals surface area contributed by atoms with E-state index in [1.807, 2.05) is 35.9 Å². The Hall–Kier alpha value is -3.48. The van der Waals surface area contributed by atoms with Crippen molar-refractivity contribution in [1.82, 2.24) is 14.9 Å². The minimum absolute atomic E-state index is 0.137. The maximum atomic E-state index is 13.4. The fourth-order valence-corrected chi connectivity index (χ4v) is 3.72. The van der Waals surface area contributed by atoms with Crippen molar-refractivity contribution in [2.24, 2.45) is 7.05 Å². The third-order valence-corrected chi connectivity index (χ3v) is 5.31. The van der Waals surface area contributed by atoms with Crippen LogP contribution in [-0.2, 0) is 23.1 Å². The van der Waals surface area contributed by atoms with Crippen molar-refractivity contribution in [3.05, 3.63) is 83.7 Å². The first kappa shape index (κ1) is 19.8. The number of amides is 2. The van der Waals surface area contributed by atoms with E-state index in [9.17, 15) is 14.0 Å². The van der Waals surface area contributed by atoms with Crippen molar-refractivity contribution in [3.63, 3.8) is 0 Å². The molecule has 6 nitrogen and oxygen atoms in total. The second kappa shape index (κ2) is 8.49. The molecule has 3 aromatic rings. The van der Waals surface area contributed by atoms with Gasteiger partial charge in [0.05, 0.1) is 6.42 Å². The van der Waals surface area contributed by atoms with Gasteiger partial charge in [-0.1, -0.05) is 24.3 Å². The highest BCUT2D eigenvalue weighted by Gasteiger charge is 2.23. The Labute approximate surface area is 174 Å². The number of halogens is 1. The molecule has 30 heavy (non-hydrogen) atoms. The van der Waals surface area contributed by atoms with Crippen LogP contribution in [-0.4, -0.2) is 27.9 Å². The molecule has 1 aliphatic rings. The van der Waals surface area contributed by atoms with Gasteiger partial charge in [-0.15, -0.1) is 0 Å². The van der Waals surface area contributed by atoms with Crippen LogP contribution in [0.3, 0.4) is 0 Å². The molecular formula is C23H23FN4O2. The quantitative estimate of drug-likeness (QED) is 0.684. The number of nitrogens with zero attached hydrogens (tertiary/aromatic N) is 3. The van der Waals surface area contributed by atoms with Gasteiger partial charge in [-0.3, -0.25) is 9.59 Å². The lowest BCUT2D eigenvalue weighted by Crippen LogP contribution is -2.32. The molecule has 1 atom stereocenters. The second-order valence-electron chi connectivity index (χ2n) is 7.44. The summed E-state index contributed by atoms with van der Waals surface area (Å²) in [7, 11) is 1.85. The van der Waals surface area contributed by atoms with Crippen molar-refractivity contribution in [1.29, 1.82) is 0 Å². The van der Waals surface area contributed by atoms with E-state index in [1.54, 1.807) is 29.4 Å². The van der Waals surface area contributed by atoms with E-state index in [1.165, 1.54) is 12.1 Å². The van der Waals surface area contributed by atoms with Crippen molar-refractivity contribution < 1.29 is 14.0 Å². The zero-order valence-electron chi connectivity index (χ0n) is 16.7. The number of rotatable bonds is 6. The highest BCUT2D eigenvalue weighted by atomic mass is 19.1. The third-order valence-electron chi connectivity index (χ3n) is 5.31. The maximum absolute atomic E-state index is 13.4. The number of benzene rings is 2. The molecule has 1 saturated heterocycles. The van der Waals surface area contributed by atoms with E-state index in [-0.39, 0.29) is 24.1 Å². The Morgan fingerprint density at radius 1 is 1.17 bits per heavy atom. The third kappa shape index (κ3) is 4.25. The van der Waals surface area contributed by atoms with Gasteiger partial charge in [-0.05, 0) is 41.8 Å². The van der Waals surface area contributed by atoms with Gasteiger partial charge in [0, 0.05) is 38.1 Å². The minimum atomic E-state index is -0.486. The first-order valence-electron chi connectivity index (χ1n) is 9.92. The Balaban J connectivity index is 1.48. The zero-order valence-corrected chi connectivity index (χ0v) is 16.7. The monoisotopic (exact) mass is 406 g/mol. The molecule has 0 saturated carbocycles. The maximum Gasteiger partial charge on any atom is 0.227 e. The van der Waals surface area contributed by atoms with E-state index in [2.05, 4.69) is 10.3 Å².